The lowest BCUT2D eigenvalue weighted by molar-refractivity contribution is -0.133. The lowest BCUT2D eigenvalue weighted by atomic mass is 10.1. The average molecular weight is 414 g/mol. The number of rotatable bonds is 10. The minimum Gasteiger partial charge on any atom is -0.497 e. The highest BCUT2D eigenvalue weighted by Crippen LogP contribution is 2.17. The molecule has 0 bridgehead atoms. The van der Waals surface area contributed by atoms with Crippen LogP contribution in [0.4, 0.5) is 0 Å². The summed E-state index contributed by atoms with van der Waals surface area (Å²) in [6.45, 7) is 9.45. The van der Waals surface area contributed by atoms with Crippen LogP contribution < -0.4 is 4.74 Å². The van der Waals surface area contributed by atoms with Crippen molar-refractivity contribution in [3.63, 3.8) is 0 Å². The van der Waals surface area contributed by atoms with Crippen LogP contribution in [0.1, 0.15) is 50.2 Å². The third-order valence-corrected chi connectivity index (χ3v) is 5.37. The van der Waals surface area contributed by atoms with Gasteiger partial charge in [-0.2, -0.15) is 0 Å². The Kier molecular flexibility index (Phi) is 8.51. The van der Waals surface area contributed by atoms with Crippen LogP contribution in [0.3, 0.4) is 0 Å². The summed E-state index contributed by atoms with van der Waals surface area (Å²) in [7, 11) is 3.57. The smallest absolute Gasteiger partial charge is 0.254 e. The first-order valence-corrected chi connectivity index (χ1v) is 10.6. The highest BCUT2D eigenvalue weighted by atomic mass is 16.5. The van der Waals surface area contributed by atoms with Crippen LogP contribution in [-0.4, -0.2) is 52.4 Å². The Morgan fingerprint density at radius 1 is 1.10 bits per heavy atom. The number of ether oxygens (including phenoxy) is 1. The van der Waals surface area contributed by atoms with E-state index in [1.165, 1.54) is 0 Å². The first-order valence-electron chi connectivity index (χ1n) is 10.6. The number of methoxy groups -OCH3 is 1. The number of carbonyl (C=O) groups excluding carboxylic acids is 2. The molecule has 2 amide bonds. The van der Waals surface area contributed by atoms with E-state index in [2.05, 4.69) is 13.8 Å². The molecule has 6 nitrogen and oxygen atoms in total. The van der Waals surface area contributed by atoms with Crippen LogP contribution in [0.25, 0.3) is 0 Å². The summed E-state index contributed by atoms with van der Waals surface area (Å²) >= 11 is 0. The minimum atomic E-state index is -0.135. The molecule has 1 aromatic heterocycles. The van der Waals surface area contributed by atoms with Crippen molar-refractivity contribution in [2.45, 2.75) is 46.7 Å². The van der Waals surface area contributed by atoms with Gasteiger partial charge >= 0.3 is 0 Å². The predicted molar refractivity (Wildman–Crippen MR) is 119 cm³/mol. The Labute approximate surface area is 180 Å². The van der Waals surface area contributed by atoms with Gasteiger partial charge in [0.2, 0.25) is 5.91 Å². The zero-order valence-corrected chi connectivity index (χ0v) is 19.1. The molecule has 0 fully saturated rings. The van der Waals surface area contributed by atoms with Crippen LogP contribution in [0.2, 0.25) is 0 Å². The SMILES string of the molecule is CCC(C)N(CC(=O)N(Cc1cccn1C)CC(C)C)C(=O)c1ccc(OC)cc1. The third-order valence-electron chi connectivity index (χ3n) is 5.37. The van der Waals surface area contributed by atoms with Crippen molar-refractivity contribution in [2.75, 3.05) is 20.2 Å². The topological polar surface area (TPSA) is 54.8 Å². The molecule has 0 saturated heterocycles. The molecule has 0 aliphatic carbocycles. The van der Waals surface area contributed by atoms with Gasteiger partial charge in [0.05, 0.1) is 13.7 Å². The Morgan fingerprint density at radius 2 is 1.77 bits per heavy atom. The molecule has 6 heteroatoms. The molecule has 0 radical (unpaired) electrons. The van der Waals surface area contributed by atoms with Gasteiger partial charge in [-0.05, 0) is 55.7 Å². The fourth-order valence-electron chi connectivity index (χ4n) is 3.34. The van der Waals surface area contributed by atoms with E-state index < -0.39 is 0 Å². The summed E-state index contributed by atoms with van der Waals surface area (Å²) in [5, 5.41) is 0. The van der Waals surface area contributed by atoms with Crippen LogP contribution in [0.5, 0.6) is 5.75 Å². The number of carbonyl (C=O) groups is 2. The van der Waals surface area contributed by atoms with Crippen molar-refractivity contribution in [1.82, 2.24) is 14.4 Å². The summed E-state index contributed by atoms with van der Waals surface area (Å²) in [6.07, 6.45) is 2.75. The Hall–Kier alpha value is -2.76. The largest absolute Gasteiger partial charge is 0.497 e. The fourth-order valence-corrected chi connectivity index (χ4v) is 3.34. The van der Waals surface area contributed by atoms with Crippen molar-refractivity contribution >= 4 is 11.8 Å². The zero-order chi connectivity index (χ0) is 22.3. The second-order valence-electron chi connectivity index (χ2n) is 8.20. The van der Waals surface area contributed by atoms with Crippen LogP contribution >= 0.6 is 0 Å². The van der Waals surface area contributed by atoms with Crippen molar-refractivity contribution in [3.05, 3.63) is 53.9 Å². The van der Waals surface area contributed by atoms with Gasteiger partial charge in [0.1, 0.15) is 12.3 Å². The van der Waals surface area contributed by atoms with Gasteiger partial charge in [0.15, 0.2) is 0 Å². The number of benzene rings is 1. The summed E-state index contributed by atoms with van der Waals surface area (Å²) < 4.78 is 7.21. The van der Waals surface area contributed by atoms with Crippen LogP contribution in [-0.2, 0) is 18.4 Å². The van der Waals surface area contributed by atoms with Crippen molar-refractivity contribution in [1.29, 1.82) is 0 Å². The van der Waals surface area contributed by atoms with E-state index in [-0.39, 0.29) is 24.4 Å². The molecule has 1 heterocycles. The number of aryl methyl sites for hydroxylation is 1. The highest BCUT2D eigenvalue weighted by molar-refractivity contribution is 5.96. The molecule has 164 valence electrons. The molecule has 0 N–H and O–H groups in total. The second kappa shape index (κ2) is 10.9. The van der Waals surface area contributed by atoms with E-state index in [1.807, 2.05) is 48.7 Å². The molecule has 0 saturated carbocycles. The maximum Gasteiger partial charge on any atom is 0.254 e. The van der Waals surface area contributed by atoms with Crippen molar-refractivity contribution in [3.8, 4) is 5.75 Å². The quantitative estimate of drug-likeness (QED) is 0.592. The molecule has 2 aromatic rings. The van der Waals surface area contributed by atoms with E-state index >= 15 is 0 Å². The Bertz CT molecular complexity index is 826. The first kappa shape index (κ1) is 23.5. The molecule has 1 aromatic carbocycles. The molecular formula is C24H35N3O3. The summed E-state index contributed by atoms with van der Waals surface area (Å²) in [4.78, 5) is 30.0. The Morgan fingerprint density at radius 3 is 2.27 bits per heavy atom. The first-order chi connectivity index (χ1) is 14.3. The normalized spacial score (nSPS) is 12.0. The van der Waals surface area contributed by atoms with Crippen molar-refractivity contribution in [2.24, 2.45) is 13.0 Å². The molecule has 0 aliphatic rings. The number of amides is 2. The van der Waals surface area contributed by atoms with Crippen LogP contribution in [0, 0.1) is 5.92 Å². The molecule has 30 heavy (non-hydrogen) atoms. The molecule has 1 atom stereocenters. The number of hydrogen-bond acceptors (Lipinski definition) is 3. The second-order valence-corrected chi connectivity index (χ2v) is 8.20. The maximum absolute atomic E-state index is 13.3. The minimum absolute atomic E-state index is 0.0351. The predicted octanol–water partition coefficient (Wildman–Crippen LogP) is 3.96. The molecular weight excluding hydrogens is 378 g/mol. The van der Waals surface area contributed by atoms with Gasteiger partial charge in [-0.1, -0.05) is 20.8 Å². The third kappa shape index (κ3) is 6.12. The molecule has 1 unspecified atom stereocenters. The van der Waals surface area contributed by atoms with Gasteiger partial charge < -0.3 is 19.1 Å². The lowest BCUT2D eigenvalue weighted by Gasteiger charge is -2.32. The summed E-state index contributed by atoms with van der Waals surface area (Å²) in [5.41, 5.74) is 1.63. The van der Waals surface area contributed by atoms with Gasteiger partial charge in [-0.15, -0.1) is 0 Å². The summed E-state index contributed by atoms with van der Waals surface area (Å²) in [6, 6.07) is 11.0. The van der Waals surface area contributed by atoms with E-state index in [9.17, 15) is 9.59 Å². The van der Waals surface area contributed by atoms with Gasteiger partial charge in [0, 0.05) is 37.1 Å². The van der Waals surface area contributed by atoms with Gasteiger partial charge in [0.25, 0.3) is 5.91 Å². The van der Waals surface area contributed by atoms with Crippen LogP contribution in [0.15, 0.2) is 42.6 Å². The lowest BCUT2D eigenvalue weighted by Crippen LogP contribution is -2.47. The van der Waals surface area contributed by atoms with Gasteiger partial charge in [-0.25, -0.2) is 0 Å². The monoisotopic (exact) mass is 413 g/mol. The van der Waals surface area contributed by atoms with Gasteiger partial charge in [-0.3, -0.25) is 9.59 Å². The van der Waals surface area contributed by atoms with E-state index in [0.29, 0.717) is 30.3 Å². The fraction of sp³-hybridized carbons (Fsp3) is 0.500. The van der Waals surface area contributed by atoms with Crippen molar-refractivity contribution < 1.29 is 14.3 Å². The van der Waals surface area contributed by atoms with E-state index in [1.54, 1.807) is 36.3 Å². The molecule has 0 spiro atoms. The number of aromatic nitrogens is 1. The molecule has 0 aliphatic heterocycles. The Balaban J connectivity index is 2.21. The zero-order valence-electron chi connectivity index (χ0n) is 19.1. The molecule has 2 rings (SSSR count). The summed E-state index contributed by atoms with van der Waals surface area (Å²) in [5.74, 6) is 0.864. The average Bonchev–Trinajstić information content (AvgIpc) is 3.14. The number of hydrogen-bond donors (Lipinski definition) is 0. The van der Waals surface area contributed by atoms with E-state index in [0.717, 1.165) is 12.1 Å². The number of nitrogens with zero attached hydrogens (tertiary/aromatic N) is 3. The highest BCUT2D eigenvalue weighted by Gasteiger charge is 2.26. The maximum atomic E-state index is 13.3. The van der Waals surface area contributed by atoms with E-state index in [4.69, 9.17) is 4.74 Å². The standard InChI is InChI=1S/C24H35N3O3/c1-7-19(4)27(24(29)20-10-12-22(30-6)13-11-20)17-23(28)26(15-18(2)3)16-21-9-8-14-25(21)5/h8-14,18-19H,7,15-17H2,1-6H3.